The molecule has 100 valence electrons. The van der Waals surface area contributed by atoms with Crippen LogP contribution in [0.1, 0.15) is 37.8 Å². The van der Waals surface area contributed by atoms with Gasteiger partial charge in [-0.3, -0.25) is 0 Å². The molecule has 0 amide bonds. The van der Waals surface area contributed by atoms with Crippen LogP contribution in [0.15, 0.2) is 48.5 Å². The van der Waals surface area contributed by atoms with Gasteiger partial charge in [0.15, 0.2) is 0 Å². The van der Waals surface area contributed by atoms with Gasteiger partial charge in [-0.2, -0.15) is 0 Å². The Balaban J connectivity index is 2.11. The second-order valence-corrected chi connectivity index (χ2v) is 5.87. The van der Waals surface area contributed by atoms with Gasteiger partial charge < -0.3 is 4.57 Å². The van der Waals surface area contributed by atoms with E-state index in [0.717, 1.165) is 17.8 Å². The fourth-order valence-corrected chi connectivity index (χ4v) is 3.56. The van der Waals surface area contributed by atoms with E-state index in [1.807, 2.05) is 0 Å². The summed E-state index contributed by atoms with van der Waals surface area (Å²) < 4.78 is 2.41. The molecule has 1 aliphatic heterocycles. The highest BCUT2D eigenvalue weighted by molar-refractivity contribution is 5.82. The zero-order valence-corrected chi connectivity index (χ0v) is 11.9. The number of benzene rings is 2. The second-order valence-electron chi connectivity index (χ2n) is 5.87. The van der Waals surface area contributed by atoms with Crippen molar-refractivity contribution in [2.45, 2.75) is 32.2 Å². The molecular formula is C18H18N2. The third kappa shape index (κ3) is 1.54. The van der Waals surface area contributed by atoms with Crippen molar-refractivity contribution >= 4 is 11.0 Å². The van der Waals surface area contributed by atoms with E-state index in [2.05, 4.69) is 66.9 Å². The maximum absolute atomic E-state index is 4.90. The van der Waals surface area contributed by atoms with Gasteiger partial charge in [0.1, 0.15) is 5.82 Å². The molecule has 2 heterocycles. The zero-order chi connectivity index (χ0) is 13.7. The van der Waals surface area contributed by atoms with Crippen molar-refractivity contribution in [3.63, 3.8) is 0 Å². The summed E-state index contributed by atoms with van der Waals surface area (Å²) in [6, 6.07) is 17.6. The average Bonchev–Trinajstić information content (AvgIpc) is 2.82. The van der Waals surface area contributed by atoms with E-state index in [9.17, 15) is 0 Å². The monoisotopic (exact) mass is 262 g/mol. The van der Waals surface area contributed by atoms with Crippen LogP contribution < -0.4 is 0 Å². The molecule has 0 N–H and O–H groups in total. The molecule has 0 saturated heterocycles. The lowest BCUT2D eigenvalue weighted by Gasteiger charge is -2.16. The van der Waals surface area contributed by atoms with Crippen molar-refractivity contribution in [2.75, 3.05) is 0 Å². The minimum Gasteiger partial charge on any atom is -0.321 e. The highest BCUT2D eigenvalue weighted by Crippen LogP contribution is 2.40. The van der Waals surface area contributed by atoms with Crippen molar-refractivity contribution in [3.05, 3.63) is 54.1 Å². The molecule has 0 fully saturated rings. The average molecular weight is 262 g/mol. The van der Waals surface area contributed by atoms with E-state index in [-0.39, 0.29) is 0 Å². The van der Waals surface area contributed by atoms with E-state index < -0.39 is 0 Å². The second kappa shape index (κ2) is 4.20. The minimum atomic E-state index is 0.472. The van der Waals surface area contributed by atoms with Gasteiger partial charge in [-0.25, -0.2) is 4.98 Å². The molecule has 0 saturated carbocycles. The molecule has 0 radical (unpaired) electrons. The topological polar surface area (TPSA) is 17.8 Å². The molecule has 1 aromatic heterocycles. The molecule has 0 spiro atoms. The van der Waals surface area contributed by atoms with E-state index >= 15 is 0 Å². The lowest BCUT2D eigenvalue weighted by atomic mass is 9.92. The predicted octanol–water partition coefficient (Wildman–Crippen LogP) is 4.77. The minimum absolute atomic E-state index is 0.472. The third-order valence-corrected chi connectivity index (χ3v) is 4.46. The summed E-state index contributed by atoms with van der Waals surface area (Å²) in [6.45, 7) is 4.63. The normalized spacial score (nSPS) is 21.3. The number of fused-ring (bicyclic) bond motifs is 5. The summed E-state index contributed by atoms with van der Waals surface area (Å²) in [7, 11) is 0. The van der Waals surface area contributed by atoms with E-state index in [0.29, 0.717) is 12.0 Å². The molecule has 2 nitrogen and oxygen atoms in total. The molecule has 0 bridgehead atoms. The number of para-hydroxylation sites is 2. The Labute approximate surface area is 119 Å². The van der Waals surface area contributed by atoms with Gasteiger partial charge in [0.25, 0.3) is 0 Å². The largest absolute Gasteiger partial charge is 0.321 e. The molecule has 2 unspecified atom stereocenters. The highest BCUT2D eigenvalue weighted by Gasteiger charge is 2.26. The van der Waals surface area contributed by atoms with Crippen molar-refractivity contribution < 1.29 is 0 Å². The molecule has 20 heavy (non-hydrogen) atoms. The molecule has 4 rings (SSSR count). The first-order valence-electron chi connectivity index (χ1n) is 7.32. The summed E-state index contributed by atoms with van der Waals surface area (Å²) >= 11 is 0. The number of imidazole rings is 1. The summed E-state index contributed by atoms with van der Waals surface area (Å²) in [5.41, 5.74) is 5.06. The third-order valence-electron chi connectivity index (χ3n) is 4.46. The predicted molar refractivity (Wildman–Crippen MR) is 82.9 cm³/mol. The molecule has 3 aromatic rings. The van der Waals surface area contributed by atoms with E-state index in [4.69, 9.17) is 4.98 Å². The first-order chi connectivity index (χ1) is 9.75. The first-order valence-corrected chi connectivity index (χ1v) is 7.32. The first kappa shape index (κ1) is 11.7. The fraction of sp³-hybridized carbons (Fsp3) is 0.278. The van der Waals surface area contributed by atoms with Gasteiger partial charge >= 0.3 is 0 Å². The maximum Gasteiger partial charge on any atom is 0.141 e. The number of hydrogen-bond acceptors (Lipinski definition) is 1. The zero-order valence-electron chi connectivity index (χ0n) is 11.9. The van der Waals surface area contributed by atoms with Crippen molar-refractivity contribution in [1.82, 2.24) is 9.55 Å². The van der Waals surface area contributed by atoms with E-state index in [1.54, 1.807) is 0 Å². The van der Waals surface area contributed by atoms with Gasteiger partial charge in [0, 0.05) is 11.6 Å². The summed E-state index contributed by atoms with van der Waals surface area (Å²) in [4.78, 5) is 4.90. The molecule has 0 aliphatic carbocycles. The van der Waals surface area contributed by atoms with Crippen LogP contribution in [0.2, 0.25) is 0 Å². The van der Waals surface area contributed by atoms with Crippen LogP contribution >= 0.6 is 0 Å². The number of nitrogens with zero attached hydrogens (tertiary/aromatic N) is 2. The van der Waals surface area contributed by atoms with Crippen LogP contribution in [0, 0.1) is 0 Å². The van der Waals surface area contributed by atoms with Crippen LogP contribution in [-0.4, -0.2) is 9.55 Å². The number of rotatable bonds is 0. The van der Waals surface area contributed by atoms with Crippen LogP contribution in [0.25, 0.3) is 22.4 Å². The molecule has 2 aromatic carbocycles. The Kier molecular flexibility index (Phi) is 2.46. The SMILES string of the molecule is CC1CC(C)n2c(nc3ccccc32)-c2ccccc21. The number of aromatic nitrogens is 2. The van der Waals surface area contributed by atoms with Crippen LogP contribution in [0.5, 0.6) is 0 Å². The maximum atomic E-state index is 4.90. The van der Waals surface area contributed by atoms with Gasteiger partial charge in [0.05, 0.1) is 11.0 Å². The van der Waals surface area contributed by atoms with Gasteiger partial charge in [-0.1, -0.05) is 43.3 Å². The lowest BCUT2D eigenvalue weighted by Crippen LogP contribution is -2.06. The van der Waals surface area contributed by atoms with Gasteiger partial charge in [-0.15, -0.1) is 0 Å². The lowest BCUT2D eigenvalue weighted by molar-refractivity contribution is 0.490. The molecular weight excluding hydrogens is 244 g/mol. The Morgan fingerprint density at radius 2 is 1.75 bits per heavy atom. The number of hydrogen-bond donors (Lipinski definition) is 0. The Bertz CT molecular complexity index is 785. The van der Waals surface area contributed by atoms with Crippen LogP contribution in [0.3, 0.4) is 0 Å². The Hall–Kier alpha value is -2.09. The van der Waals surface area contributed by atoms with Crippen molar-refractivity contribution in [1.29, 1.82) is 0 Å². The summed E-state index contributed by atoms with van der Waals surface area (Å²) in [5, 5.41) is 0. The Morgan fingerprint density at radius 3 is 2.65 bits per heavy atom. The van der Waals surface area contributed by atoms with Gasteiger partial charge in [0.2, 0.25) is 0 Å². The summed E-state index contributed by atoms with van der Waals surface area (Å²) in [6.07, 6.45) is 1.16. The van der Waals surface area contributed by atoms with Crippen molar-refractivity contribution in [3.8, 4) is 11.4 Å². The smallest absolute Gasteiger partial charge is 0.141 e. The quantitative estimate of drug-likeness (QED) is 0.570. The molecule has 2 heteroatoms. The van der Waals surface area contributed by atoms with Crippen LogP contribution in [-0.2, 0) is 0 Å². The molecule has 2 atom stereocenters. The fourth-order valence-electron chi connectivity index (χ4n) is 3.56. The van der Waals surface area contributed by atoms with Crippen molar-refractivity contribution in [2.24, 2.45) is 0 Å². The van der Waals surface area contributed by atoms with Gasteiger partial charge in [-0.05, 0) is 37.0 Å². The van der Waals surface area contributed by atoms with E-state index in [1.165, 1.54) is 16.6 Å². The Morgan fingerprint density at radius 1 is 1.00 bits per heavy atom. The molecule has 1 aliphatic rings. The summed E-state index contributed by atoms with van der Waals surface area (Å²) in [5.74, 6) is 1.69. The standard InChI is InChI=1S/C18H18N2/c1-12-11-13(2)20-17-10-6-5-9-16(17)19-18(20)15-8-4-3-7-14(12)15/h3-10,12-13H,11H2,1-2H3. The highest BCUT2D eigenvalue weighted by atomic mass is 15.1. The van der Waals surface area contributed by atoms with Crippen LogP contribution in [0.4, 0.5) is 0 Å².